The number of benzene rings is 1. The smallest absolute Gasteiger partial charge is 0.123 e. The molecule has 96 valence electrons. The summed E-state index contributed by atoms with van der Waals surface area (Å²) >= 11 is 1.72. The molecule has 0 fully saturated rings. The average molecular weight is 263 g/mol. The second-order valence-corrected chi connectivity index (χ2v) is 5.17. The molecule has 1 nitrogen and oxygen atoms in total. The fraction of sp³-hybridized carbons (Fsp3) is 0.333. The van der Waals surface area contributed by atoms with Crippen LogP contribution < -0.4 is 5.32 Å². The molecule has 3 heteroatoms. The molecule has 0 saturated heterocycles. The van der Waals surface area contributed by atoms with Crippen LogP contribution in [0.25, 0.3) is 0 Å². The maximum atomic E-state index is 13.0. The molecule has 0 amide bonds. The molecule has 0 bridgehead atoms. The summed E-state index contributed by atoms with van der Waals surface area (Å²) in [5, 5.41) is 7.67. The van der Waals surface area contributed by atoms with Gasteiger partial charge in [-0.3, -0.25) is 0 Å². The molecule has 0 saturated carbocycles. The van der Waals surface area contributed by atoms with Crippen molar-refractivity contribution in [2.75, 3.05) is 13.1 Å². The van der Waals surface area contributed by atoms with Gasteiger partial charge in [-0.2, -0.15) is 11.3 Å². The highest BCUT2D eigenvalue weighted by atomic mass is 32.1. The normalized spacial score (nSPS) is 12.6. The molecular weight excluding hydrogens is 245 g/mol. The third-order valence-corrected chi connectivity index (χ3v) is 3.78. The van der Waals surface area contributed by atoms with E-state index in [1.807, 2.05) is 12.1 Å². The van der Waals surface area contributed by atoms with Gasteiger partial charge in [0.25, 0.3) is 0 Å². The zero-order chi connectivity index (χ0) is 12.8. The third kappa shape index (κ3) is 3.65. The lowest BCUT2D eigenvalue weighted by Crippen LogP contribution is -2.22. The lowest BCUT2D eigenvalue weighted by Gasteiger charge is -2.17. The second kappa shape index (κ2) is 6.66. The Bertz CT molecular complexity index is 450. The minimum atomic E-state index is -0.170. The Morgan fingerprint density at radius 1 is 1.22 bits per heavy atom. The Labute approximate surface area is 112 Å². The Hall–Kier alpha value is -1.19. The van der Waals surface area contributed by atoms with E-state index in [1.54, 1.807) is 23.5 Å². The first-order valence-electron chi connectivity index (χ1n) is 6.27. The maximum absolute atomic E-state index is 13.0. The highest BCUT2D eigenvalue weighted by Crippen LogP contribution is 2.22. The maximum Gasteiger partial charge on any atom is 0.123 e. The van der Waals surface area contributed by atoms with Crippen LogP contribution in [0.2, 0.25) is 0 Å². The van der Waals surface area contributed by atoms with Crippen LogP contribution in [0.3, 0.4) is 0 Å². The predicted octanol–water partition coefficient (Wildman–Crippen LogP) is 3.82. The summed E-state index contributed by atoms with van der Waals surface area (Å²) in [5.74, 6) is 0.233. The highest BCUT2D eigenvalue weighted by molar-refractivity contribution is 7.07. The standard InChI is InChI=1S/C15H18FNS/c1-2-17-10-14(9-12-7-8-18-11-12)13-3-5-15(16)6-4-13/h3-8,11,14,17H,2,9-10H2,1H3. The quantitative estimate of drug-likeness (QED) is 0.835. The molecule has 0 radical (unpaired) electrons. The van der Waals surface area contributed by atoms with Crippen LogP contribution in [0.15, 0.2) is 41.1 Å². The first kappa shape index (κ1) is 13.2. The summed E-state index contributed by atoms with van der Waals surface area (Å²) in [5.41, 5.74) is 2.55. The molecule has 2 aromatic rings. The van der Waals surface area contributed by atoms with E-state index in [1.165, 1.54) is 11.1 Å². The Morgan fingerprint density at radius 3 is 2.61 bits per heavy atom. The van der Waals surface area contributed by atoms with Gasteiger partial charge < -0.3 is 5.32 Å². The molecule has 1 atom stereocenters. The minimum absolute atomic E-state index is 0.170. The van der Waals surface area contributed by atoms with Crippen LogP contribution in [0.5, 0.6) is 0 Å². The molecule has 2 rings (SSSR count). The van der Waals surface area contributed by atoms with E-state index in [2.05, 4.69) is 29.1 Å². The zero-order valence-corrected chi connectivity index (χ0v) is 11.3. The summed E-state index contributed by atoms with van der Waals surface area (Å²) < 4.78 is 13.0. The SMILES string of the molecule is CCNCC(Cc1ccsc1)c1ccc(F)cc1. The summed E-state index contributed by atoms with van der Waals surface area (Å²) in [6, 6.07) is 9.03. The molecular formula is C15H18FNS. The molecule has 0 aliphatic carbocycles. The minimum Gasteiger partial charge on any atom is -0.316 e. The van der Waals surface area contributed by atoms with Crippen LogP contribution in [0.4, 0.5) is 4.39 Å². The lowest BCUT2D eigenvalue weighted by atomic mass is 9.93. The van der Waals surface area contributed by atoms with Crippen molar-refractivity contribution in [2.24, 2.45) is 0 Å². The average Bonchev–Trinajstić information content (AvgIpc) is 2.88. The van der Waals surface area contributed by atoms with Gasteiger partial charge in [0.15, 0.2) is 0 Å². The van der Waals surface area contributed by atoms with Gasteiger partial charge in [-0.25, -0.2) is 4.39 Å². The van der Waals surface area contributed by atoms with Crippen molar-refractivity contribution in [1.29, 1.82) is 0 Å². The van der Waals surface area contributed by atoms with Crippen molar-refractivity contribution in [1.82, 2.24) is 5.32 Å². The van der Waals surface area contributed by atoms with Gasteiger partial charge in [0.05, 0.1) is 0 Å². The lowest BCUT2D eigenvalue weighted by molar-refractivity contribution is 0.590. The van der Waals surface area contributed by atoms with Crippen LogP contribution in [-0.4, -0.2) is 13.1 Å². The van der Waals surface area contributed by atoms with E-state index in [0.29, 0.717) is 5.92 Å². The van der Waals surface area contributed by atoms with Crippen LogP contribution in [-0.2, 0) is 6.42 Å². The van der Waals surface area contributed by atoms with Gasteiger partial charge >= 0.3 is 0 Å². The summed E-state index contributed by atoms with van der Waals surface area (Å²) in [4.78, 5) is 0. The molecule has 1 heterocycles. The number of hydrogen-bond acceptors (Lipinski definition) is 2. The molecule has 1 unspecified atom stereocenters. The van der Waals surface area contributed by atoms with Gasteiger partial charge in [0.2, 0.25) is 0 Å². The van der Waals surface area contributed by atoms with Crippen molar-refractivity contribution >= 4 is 11.3 Å². The Morgan fingerprint density at radius 2 is 2.00 bits per heavy atom. The Balaban J connectivity index is 2.11. The second-order valence-electron chi connectivity index (χ2n) is 4.39. The molecule has 0 aliphatic heterocycles. The fourth-order valence-corrected chi connectivity index (χ4v) is 2.74. The van der Waals surface area contributed by atoms with Crippen molar-refractivity contribution < 1.29 is 4.39 Å². The van der Waals surface area contributed by atoms with Gasteiger partial charge in [-0.15, -0.1) is 0 Å². The monoisotopic (exact) mass is 263 g/mol. The number of hydrogen-bond donors (Lipinski definition) is 1. The summed E-state index contributed by atoms with van der Waals surface area (Å²) in [7, 11) is 0. The van der Waals surface area contributed by atoms with Crippen LogP contribution in [0.1, 0.15) is 24.0 Å². The van der Waals surface area contributed by atoms with Gasteiger partial charge in [-0.1, -0.05) is 19.1 Å². The van der Waals surface area contributed by atoms with Gasteiger partial charge in [0.1, 0.15) is 5.82 Å². The van der Waals surface area contributed by atoms with E-state index < -0.39 is 0 Å². The van der Waals surface area contributed by atoms with E-state index in [0.717, 1.165) is 19.5 Å². The fourth-order valence-electron chi connectivity index (χ4n) is 2.05. The van der Waals surface area contributed by atoms with E-state index in [-0.39, 0.29) is 5.82 Å². The predicted molar refractivity (Wildman–Crippen MR) is 75.7 cm³/mol. The number of rotatable bonds is 6. The van der Waals surface area contributed by atoms with Crippen molar-refractivity contribution in [3.8, 4) is 0 Å². The van der Waals surface area contributed by atoms with Crippen molar-refractivity contribution in [2.45, 2.75) is 19.3 Å². The summed E-state index contributed by atoms with van der Waals surface area (Å²) in [6.45, 7) is 3.99. The largest absolute Gasteiger partial charge is 0.316 e. The van der Waals surface area contributed by atoms with E-state index >= 15 is 0 Å². The van der Waals surface area contributed by atoms with E-state index in [9.17, 15) is 4.39 Å². The third-order valence-electron chi connectivity index (χ3n) is 3.04. The van der Waals surface area contributed by atoms with Crippen LogP contribution >= 0.6 is 11.3 Å². The van der Waals surface area contributed by atoms with Gasteiger partial charge in [0, 0.05) is 12.5 Å². The first-order valence-corrected chi connectivity index (χ1v) is 7.21. The van der Waals surface area contributed by atoms with Crippen LogP contribution in [0, 0.1) is 5.82 Å². The molecule has 18 heavy (non-hydrogen) atoms. The first-order chi connectivity index (χ1) is 8.79. The number of halogens is 1. The van der Waals surface area contributed by atoms with Crippen molar-refractivity contribution in [3.05, 3.63) is 58.0 Å². The van der Waals surface area contributed by atoms with Crippen molar-refractivity contribution in [3.63, 3.8) is 0 Å². The molecule has 0 spiro atoms. The molecule has 1 aromatic heterocycles. The number of thiophene rings is 1. The summed E-state index contributed by atoms with van der Waals surface area (Å²) in [6.07, 6.45) is 1.00. The molecule has 1 N–H and O–H groups in total. The van der Waals surface area contributed by atoms with Gasteiger partial charge in [-0.05, 0) is 53.1 Å². The molecule has 0 aliphatic rings. The number of nitrogens with one attached hydrogen (secondary N) is 1. The van der Waals surface area contributed by atoms with E-state index in [4.69, 9.17) is 0 Å². The number of likely N-dealkylation sites (N-methyl/N-ethyl adjacent to an activating group) is 1. The Kier molecular flexibility index (Phi) is 4.90. The zero-order valence-electron chi connectivity index (χ0n) is 10.5. The topological polar surface area (TPSA) is 12.0 Å². The molecule has 1 aromatic carbocycles. The highest BCUT2D eigenvalue weighted by Gasteiger charge is 2.12.